The van der Waals surface area contributed by atoms with Crippen molar-refractivity contribution in [1.82, 2.24) is 4.98 Å². The molecule has 0 fully saturated rings. The van der Waals surface area contributed by atoms with E-state index in [1.807, 2.05) is 12.1 Å². The molecule has 2 rings (SSSR count). The van der Waals surface area contributed by atoms with Crippen LogP contribution in [0.15, 0.2) is 72.1 Å². The van der Waals surface area contributed by atoms with E-state index in [0.717, 1.165) is 18.6 Å². The van der Waals surface area contributed by atoms with Crippen LogP contribution in [0.5, 0.6) is 5.75 Å². The van der Waals surface area contributed by atoms with Crippen LogP contribution in [0.3, 0.4) is 0 Å². The van der Waals surface area contributed by atoms with Gasteiger partial charge in [-0.3, -0.25) is 9.78 Å². The van der Waals surface area contributed by atoms with Crippen LogP contribution in [0.25, 0.3) is 0 Å². The molecule has 0 radical (unpaired) electrons. The molecule has 0 saturated carbocycles. The van der Waals surface area contributed by atoms with Crippen LogP contribution < -0.4 is 10.1 Å². The van der Waals surface area contributed by atoms with Crippen LogP contribution in [0.1, 0.15) is 44.0 Å². The average Bonchev–Trinajstić information content (AvgIpc) is 2.63. The van der Waals surface area contributed by atoms with Crippen molar-refractivity contribution < 1.29 is 9.53 Å². The van der Waals surface area contributed by atoms with E-state index in [9.17, 15) is 4.79 Å². The van der Waals surface area contributed by atoms with Crippen molar-refractivity contribution in [3.05, 3.63) is 77.7 Å². The molecule has 2 aromatic rings. The fraction of sp³-hybridized carbons (Fsp3) is 0.273. The van der Waals surface area contributed by atoms with Crippen molar-refractivity contribution in [3.8, 4) is 5.75 Å². The third-order valence-corrected chi connectivity index (χ3v) is 3.81. The summed E-state index contributed by atoms with van der Waals surface area (Å²) in [7, 11) is 0. The summed E-state index contributed by atoms with van der Waals surface area (Å²) in [5.41, 5.74) is 3.91. The first kappa shape index (κ1) is 19.4. The molecule has 1 amide bonds. The van der Waals surface area contributed by atoms with Crippen molar-refractivity contribution in [2.75, 3.05) is 11.9 Å². The number of carbonyl (C=O) groups excluding carboxylic acids is 1. The largest absolute Gasteiger partial charge is 0.490 e. The molecular formula is C22H26N2O2. The van der Waals surface area contributed by atoms with E-state index in [-0.39, 0.29) is 5.91 Å². The second-order valence-corrected chi connectivity index (χ2v) is 6.40. The van der Waals surface area contributed by atoms with Crippen molar-refractivity contribution in [2.45, 2.75) is 33.6 Å². The van der Waals surface area contributed by atoms with Crippen LogP contribution in [-0.2, 0) is 0 Å². The lowest BCUT2D eigenvalue weighted by atomic mass is 10.1. The van der Waals surface area contributed by atoms with Crippen LogP contribution in [0, 0.1) is 0 Å². The van der Waals surface area contributed by atoms with Crippen molar-refractivity contribution >= 4 is 11.6 Å². The van der Waals surface area contributed by atoms with Gasteiger partial charge in [-0.25, -0.2) is 0 Å². The van der Waals surface area contributed by atoms with Gasteiger partial charge in [-0.05, 0) is 76.1 Å². The van der Waals surface area contributed by atoms with Gasteiger partial charge in [0.15, 0.2) is 0 Å². The number of amides is 1. The molecule has 0 aliphatic rings. The van der Waals surface area contributed by atoms with Crippen LogP contribution in [0.2, 0.25) is 0 Å². The first-order valence-corrected chi connectivity index (χ1v) is 8.78. The molecule has 1 aromatic heterocycles. The number of pyridine rings is 1. The van der Waals surface area contributed by atoms with Gasteiger partial charge in [0.1, 0.15) is 12.4 Å². The summed E-state index contributed by atoms with van der Waals surface area (Å²) in [5.74, 6) is 0.579. The predicted octanol–water partition coefficient (Wildman–Crippen LogP) is 5.41. The van der Waals surface area contributed by atoms with E-state index in [4.69, 9.17) is 4.74 Å². The van der Waals surface area contributed by atoms with Crippen LogP contribution in [-0.4, -0.2) is 17.5 Å². The number of rotatable bonds is 8. The number of nitrogens with zero attached hydrogens (tertiary/aromatic N) is 1. The van der Waals surface area contributed by atoms with Gasteiger partial charge in [0.05, 0.1) is 11.9 Å². The van der Waals surface area contributed by atoms with Gasteiger partial charge in [0, 0.05) is 11.8 Å². The number of aromatic nitrogens is 1. The lowest BCUT2D eigenvalue weighted by Gasteiger charge is -2.07. The highest BCUT2D eigenvalue weighted by molar-refractivity contribution is 6.04. The zero-order valence-corrected chi connectivity index (χ0v) is 15.7. The van der Waals surface area contributed by atoms with E-state index in [0.29, 0.717) is 17.9 Å². The minimum absolute atomic E-state index is 0.167. The second kappa shape index (κ2) is 10.2. The molecule has 4 nitrogen and oxygen atoms in total. The molecule has 1 heterocycles. The van der Waals surface area contributed by atoms with Gasteiger partial charge < -0.3 is 10.1 Å². The molecular weight excluding hydrogens is 324 g/mol. The molecule has 0 aliphatic carbocycles. The van der Waals surface area contributed by atoms with E-state index in [2.05, 4.69) is 43.2 Å². The maximum absolute atomic E-state index is 12.2. The van der Waals surface area contributed by atoms with Crippen LogP contribution in [0.4, 0.5) is 5.69 Å². The lowest BCUT2D eigenvalue weighted by molar-refractivity contribution is 0.102. The Kier molecular flexibility index (Phi) is 7.62. The zero-order chi connectivity index (χ0) is 18.8. The molecule has 0 atom stereocenters. The number of hydrogen-bond donors (Lipinski definition) is 1. The third-order valence-electron chi connectivity index (χ3n) is 3.81. The van der Waals surface area contributed by atoms with Crippen molar-refractivity contribution in [3.63, 3.8) is 0 Å². The number of anilines is 1. The topological polar surface area (TPSA) is 51.2 Å². The van der Waals surface area contributed by atoms with Gasteiger partial charge in [0.25, 0.3) is 5.91 Å². The number of benzene rings is 1. The van der Waals surface area contributed by atoms with Gasteiger partial charge in [-0.1, -0.05) is 17.2 Å². The summed E-state index contributed by atoms with van der Waals surface area (Å²) in [4.78, 5) is 16.2. The first-order chi connectivity index (χ1) is 12.5. The van der Waals surface area contributed by atoms with E-state index < -0.39 is 0 Å². The molecule has 0 aliphatic heterocycles. The Morgan fingerprint density at radius 1 is 1.12 bits per heavy atom. The predicted molar refractivity (Wildman–Crippen MR) is 107 cm³/mol. The molecule has 0 spiro atoms. The Morgan fingerprint density at radius 3 is 2.54 bits per heavy atom. The maximum atomic E-state index is 12.2. The van der Waals surface area contributed by atoms with E-state index in [1.54, 1.807) is 36.7 Å². The number of ether oxygens (including phenoxy) is 1. The Labute approximate surface area is 155 Å². The molecule has 4 heteroatoms. The van der Waals surface area contributed by atoms with Crippen molar-refractivity contribution in [2.24, 2.45) is 0 Å². The molecule has 0 unspecified atom stereocenters. The Bertz CT molecular complexity index is 758. The zero-order valence-electron chi connectivity index (χ0n) is 15.7. The minimum Gasteiger partial charge on any atom is -0.490 e. The molecule has 0 bridgehead atoms. The lowest BCUT2D eigenvalue weighted by Crippen LogP contribution is -2.11. The first-order valence-electron chi connectivity index (χ1n) is 8.78. The summed E-state index contributed by atoms with van der Waals surface area (Å²) in [5, 5.41) is 2.81. The summed E-state index contributed by atoms with van der Waals surface area (Å²) >= 11 is 0. The summed E-state index contributed by atoms with van der Waals surface area (Å²) < 4.78 is 5.72. The highest BCUT2D eigenvalue weighted by Gasteiger charge is 2.06. The SMILES string of the molecule is CC(C)=CCC/C(C)=C/COc1ccc(C(=O)Nc2cccnc2)cc1. The van der Waals surface area contributed by atoms with E-state index in [1.165, 1.54) is 11.1 Å². The number of carbonyl (C=O) groups is 1. The minimum atomic E-state index is -0.167. The highest BCUT2D eigenvalue weighted by Crippen LogP contribution is 2.14. The van der Waals surface area contributed by atoms with Crippen LogP contribution >= 0.6 is 0 Å². The monoisotopic (exact) mass is 350 g/mol. The number of allylic oxidation sites excluding steroid dienone is 3. The second-order valence-electron chi connectivity index (χ2n) is 6.40. The summed E-state index contributed by atoms with van der Waals surface area (Å²) in [6.45, 7) is 6.88. The van der Waals surface area contributed by atoms with Gasteiger partial charge in [0.2, 0.25) is 0 Å². The molecule has 136 valence electrons. The standard InChI is InChI=1S/C22H26N2O2/c1-17(2)6-4-7-18(3)13-15-26-21-11-9-19(10-12-21)22(25)24-20-8-5-14-23-16-20/h5-6,8-14,16H,4,7,15H2,1-3H3,(H,24,25)/b18-13+. The Morgan fingerprint density at radius 2 is 1.88 bits per heavy atom. The van der Waals surface area contributed by atoms with Crippen molar-refractivity contribution in [1.29, 1.82) is 0 Å². The smallest absolute Gasteiger partial charge is 0.255 e. The maximum Gasteiger partial charge on any atom is 0.255 e. The fourth-order valence-corrected chi connectivity index (χ4v) is 2.31. The third kappa shape index (κ3) is 6.93. The Balaban J connectivity index is 1.81. The normalized spacial score (nSPS) is 11.0. The Hall–Kier alpha value is -2.88. The summed E-state index contributed by atoms with van der Waals surface area (Å²) in [6, 6.07) is 10.7. The number of nitrogens with one attached hydrogen (secondary N) is 1. The van der Waals surface area contributed by atoms with Gasteiger partial charge >= 0.3 is 0 Å². The van der Waals surface area contributed by atoms with Gasteiger partial charge in [-0.2, -0.15) is 0 Å². The molecule has 0 saturated heterocycles. The average molecular weight is 350 g/mol. The quantitative estimate of drug-likeness (QED) is 0.648. The highest BCUT2D eigenvalue weighted by atomic mass is 16.5. The molecule has 26 heavy (non-hydrogen) atoms. The van der Waals surface area contributed by atoms with E-state index >= 15 is 0 Å². The molecule has 1 aromatic carbocycles. The fourth-order valence-electron chi connectivity index (χ4n) is 2.31. The summed E-state index contributed by atoms with van der Waals surface area (Å²) in [6.07, 6.45) is 9.73. The van der Waals surface area contributed by atoms with Gasteiger partial charge in [-0.15, -0.1) is 0 Å². The molecule has 1 N–H and O–H groups in total. The number of hydrogen-bond acceptors (Lipinski definition) is 3.